The van der Waals surface area contributed by atoms with Crippen LogP contribution in [-0.4, -0.2) is 29.0 Å². The van der Waals surface area contributed by atoms with E-state index in [0.29, 0.717) is 17.2 Å². The Kier molecular flexibility index (Phi) is 4.63. The van der Waals surface area contributed by atoms with Crippen LogP contribution in [0.5, 0.6) is 0 Å². The van der Waals surface area contributed by atoms with Crippen LogP contribution >= 0.6 is 11.6 Å². The van der Waals surface area contributed by atoms with E-state index in [0.717, 1.165) is 31.5 Å². The van der Waals surface area contributed by atoms with Gasteiger partial charge in [-0.25, -0.2) is 9.97 Å². The fraction of sp³-hybridized carbons (Fsp3) is 0.294. The second kappa shape index (κ2) is 6.85. The molecule has 3 rings (SSSR count). The molecule has 1 aromatic heterocycles. The molecule has 2 aromatic rings. The highest BCUT2D eigenvalue weighted by atomic mass is 35.5. The van der Waals surface area contributed by atoms with Crippen LogP contribution in [-0.2, 0) is 0 Å². The summed E-state index contributed by atoms with van der Waals surface area (Å²) in [6.07, 6.45) is 3.64. The van der Waals surface area contributed by atoms with Crippen molar-refractivity contribution in [1.82, 2.24) is 9.97 Å². The molecule has 1 aromatic carbocycles. The van der Waals surface area contributed by atoms with Crippen LogP contribution in [0.2, 0.25) is 5.02 Å². The minimum absolute atomic E-state index is 0.135. The molecule has 1 amide bonds. The van der Waals surface area contributed by atoms with Gasteiger partial charge in [-0.2, -0.15) is 5.26 Å². The molecule has 1 N–H and O–H groups in total. The molecule has 1 aliphatic heterocycles. The largest absolute Gasteiger partial charge is 0.341 e. The number of halogens is 1. The summed E-state index contributed by atoms with van der Waals surface area (Å²) >= 11 is 6.11. The molecule has 0 unspecified atom stereocenters. The standard InChI is InChI=1S/C17H16ClN5O/c1-11-4-5-12(9-19)8-14(11)21-16(24)15-13(18)10-20-17(22-15)23-6-2-3-7-23/h4-5,8,10H,2-3,6-7H2,1H3,(H,21,24). The summed E-state index contributed by atoms with van der Waals surface area (Å²) in [6, 6.07) is 7.17. The van der Waals surface area contributed by atoms with Gasteiger partial charge < -0.3 is 10.2 Å². The lowest BCUT2D eigenvalue weighted by Gasteiger charge is -2.16. The Bertz CT molecular complexity index is 824. The molecule has 2 heterocycles. The van der Waals surface area contributed by atoms with E-state index in [-0.39, 0.29) is 10.7 Å². The van der Waals surface area contributed by atoms with Crippen molar-refractivity contribution in [3.63, 3.8) is 0 Å². The molecule has 0 atom stereocenters. The third kappa shape index (κ3) is 3.31. The van der Waals surface area contributed by atoms with Gasteiger partial charge in [0.1, 0.15) is 0 Å². The number of nitrogens with zero attached hydrogens (tertiary/aromatic N) is 4. The Morgan fingerprint density at radius 3 is 2.83 bits per heavy atom. The predicted octanol–water partition coefficient (Wildman–Crippen LogP) is 3.16. The van der Waals surface area contributed by atoms with E-state index in [1.165, 1.54) is 6.20 Å². The number of carbonyl (C=O) groups excluding carboxylic acids is 1. The summed E-state index contributed by atoms with van der Waals surface area (Å²) in [5, 5.41) is 12.0. The Hall–Kier alpha value is -2.65. The molecule has 0 spiro atoms. The number of rotatable bonds is 3. The van der Waals surface area contributed by atoms with Crippen LogP contribution in [0.15, 0.2) is 24.4 Å². The van der Waals surface area contributed by atoms with Gasteiger partial charge in [0.2, 0.25) is 5.95 Å². The lowest BCUT2D eigenvalue weighted by atomic mass is 10.1. The number of nitrogens with one attached hydrogen (secondary N) is 1. The van der Waals surface area contributed by atoms with E-state index in [4.69, 9.17) is 16.9 Å². The normalized spacial score (nSPS) is 13.6. The number of hydrogen-bond donors (Lipinski definition) is 1. The number of anilines is 2. The summed E-state index contributed by atoms with van der Waals surface area (Å²) in [5.74, 6) is 0.102. The van der Waals surface area contributed by atoms with Gasteiger partial charge in [-0.05, 0) is 37.5 Å². The van der Waals surface area contributed by atoms with Crippen LogP contribution < -0.4 is 10.2 Å². The summed E-state index contributed by atoms with van der Waals surface area (Å²) in [5.41, 5.74) is 2.03. The number of aromatic nitrogens is 2. The maximum atomic E-state index is 12.6. The van der Waals surface area contributed by atoms with Gasteiger partial charge in [0.05, 0.1) is 22.9 Å². The second-order valence-corrected chi connectivity index (χ2v) is 6.06. The van der Waals surface area contributed by atoms with Gasteiger partial charge in [-0.15, -0.1) is 0 Å². The van der Waals surface area contributed by atoms with E-state index in [1.54, 1.807) is 18.2 Å². The Morgan fingerprint density at radius 2 is 2.12 bits per heavy atom. The van der Waals surface area contributed by atoms with Crippen molar-refractivity contribution in [2.75, 3.05) is 23.3 Å². The average molecular weight is 342 g/mol. The Labute approximate surface area is 145 Å². The first-order valence-corrected chi connectivity index (χ1v) is 8.06. The number of benzene rings is 1. The van der Waals surface area contributed by atoms with Crippen LogP contribution in [0.25, 0.3) is 0 Å². The third-order valence-electron chi connectivity index (χ3n) is 3.95. The number of nitriles is 1. The minimum atomic E-state index is -0.416. The van der Waals surface area contributed by atoms with Crippen LogP contribution in [0.4, 0.5) is 11.6 Å². The number of carbonyl (C=O) groups is 1. The van der Waals surface area contributed by atoms with Gasteiger partial charge in [0.15, 0.2) is 5.69 Å². The first kappa shape index (κ1) is 16.2. The fourth-order valence-corrected chi connectivity index (χ4v) is 2.77. The van der Waals surface area contributed by atoms with Crippen molar-refractivity contribution in [3.05, 3.63) is 46.2 Å². The second-order valence-electron chi connectivity index (χ2n) is 5.66. The van der Waals surface area contributed by atoms with Crippen molar-refractivity contribution in [2.45, 2.75) is 19.8 Å². The molecule has 1 saturated heterocycles. The molecule has 6 nitrogen and oxygen atoms in total. The zero-order valence-corrected chi connectivity index (χ0v) is 14.0. The van der Waals surface area contributed by atoms with Crippen molar-refractivity contribution >= 4 is 29.1 Å². The molecule has 24 heavy (non-hydrogen) atoms. The molecular formula is C17H16ClN5O. The van der Waals surface area contributed by atoms with Crippen LogP contribution in [0.3, 0.4) is 0 Å². The summed E-state index contributed by atoms with van der Waals surface area (Å²) in [6.45, 7) is 3.62. The van der Waals surface area contributed by atoms with E-state index in [9.17, 15) is 4.79 Å². The third-order valence-corrected chi connectivity index (χ3v) is 4.23. The van der Waals surface area contributed by atoms with E-state index in [1.807, 2.05) is 11.8 Å². The first-order valence-electron chi connectivity index (χ1n) is 7.68. The van der Waals surface area contributed by atoms with Crippen molar-refractivity contribution in [2.24, 2.45) is 0 Å². The van der Waals surface area contributed by atoms with Crippen molar-refractivity contribution in [3.8, 4) is 6.07 Å². The highest BCUT2D eigenvalue weighted by Crippen LogP contribution is 2.22. The van der Waals surface area contributed by atoms with Gasteiger partial charge in [0.25, 0.3) is 5.91 Å². The monoisotopic (exact) mass is 341 g/mol. The smallest absolute Gasteiger partial charge is 0.276 e. The van der Waals surface area contributed by atoms with Crippen molar-refractivity contribution in [1.29, 1.82) is 5.26 Å². The topological polar surface area (TPSA) is 81.9 Å². The minimum Gasteiger partial charge on any atom is -0.341 e. The molecule has 0 aliphatic carbocycles. The Balaban J connectivity index is 1.87. The molecular weight excluding hydrogens is 326 g/mol. The quantitative estimate of drug-likeness (QED) is 0.927. The van der Waals surface area contributed by atoms with Gasteiger partial charge in [-0.3, -0.25) is 4.79 Å². The summed E-state index contributed by atoms with van der Waals surface area (Å²) < 4.78 is 0. The number of aryl methyl sites for hydroxylation is 1. The number of amides is 1. The van der Waals surface area contributed by atoms with Gasteiger partial charge in [-0.1, -0.05) is 17.7 Å². The van der Waals surface area contributed by atoms with E-state index < -0.39 is 5.91 Å². The van der Waals surface area contributed by atoms with Crippen LogP contribution in [0.1, 0.15) is 34.5 Å². The average Bonchev–Trinajstić information content (AvgIpc) is 3.11. The molecule has 0 radical (unpaired) electrons. The molecule has 122 valence electrons. The molecule has 0 saturated carbocycles. The highest BCUT2D eigenvalue weighted by Gasteiger charge is 2.20. The zero-order valence-electron chi connectivity index (χ0n) is 13.2. The highest BCUT2D eigenvalue weighted by molar-refractivity contribution is 6.34. The first-order chi connectivity index (χ1) is 11.6. The lowest BCUT2D eigenvalue weighted by Crippen LogP contribution is -2.23. The van der Waals surface area contributed by atoms with E-state index >= 15 is 0 Å². The van der Waals surface area contributed by atoms with Crippen molar-refractivity contribution < 1.29 is 4.79 Å². The zero-order chi connectivity index (χ0) is 17.1. The predicted molar refractivity (Wildman–Crippen MR) is 92.3 cm³/mol. The molecule has 1 aliphatic rings. The Morgan fingerprint density at radius 1 is 1.38 bits per heavy atom. The maximum Gasteiger partial charge on any atom is 0.276 e. The molecule has 1 fully saturated rings. The summed E-state index contributed by atoms with van der Waals surface area (Å²) in [4.78, 5) is 23.1. The SMILES string of the molecule is Cc1ccc(C#N)cc1NC(=O)c1nc(N2CCCC2)ncc1Cl. The summed E-state index contributed by atoms with van der Waals surface area (Å²) in [7, 11) is 0. The van der Waals surface area contributed by atoms with Crippen LogP contribution in [0, 0.1) is 18.3 Å². The number of hydrogen-bond acceptors (Lipinski definition) is 5. The fourth-order valence-electron chi connectivity index (χ4n) is 2.59. The van der Waals surface area contributed by atoms with Gasteiger partial charge >= 0.3 is 0 Å². The van der Waals surface area contributed by atoms with E-state index in [2.05, 4.69) is 21.4 Å². The lowest BCUT2D eigenvalue weighted by molar-refractivity contribution is 0.102. The maximum absolute atomic E-state index is 12.6. The van der Waals surface area contributed by atoms with Gasteiger partial charge in [0, 0.05) is 18.8 Å². The molecule has 7 heteroatoms. The molecule has 0 bridgehead atoms.